The summed E-state index contributed by atoms with van der Waals surface area (Å²) in [6, 6.07) is 0. The summed E-state index contributed by atoms with van der Waals surface area (Å²) >= 11 is 0. The van der Waals surface area contributed by atoms with E-state index in [-0.39, 0.29) is 19.4 Å². The van der Waals surface area contributed by atoms with Crippen LogP contribution in [0.4, 0.5) is 0 Å². The number of unbranched alkanes of at least 4 members (excludes halogenated alkanes) is 1. The van der Waals surface area contributed by atoms with E-state index in [0.29, 0.717) is 6.42 Å². The summed E-state index contributed by atoms with van der Waals surface area (Å²) in [6.07, 6.45) is 1.73. The molecule has 4 nitrogen and oxygen atoms in total. The largest absolute Gasteiger partial charge is 0.394 e. The number of hydrogen-bond donors (Lipinski definition) is 2. The monoisotopic (exact) mass is 182 g/mol. The highest BCUT2D eigenvalue weighted by atomic mass is 31.2. The van der Waals surface area contributed by atoms with E-state index in [1.807, 2.05) is 6.92 Å². The Morgan fingerprint density at radius 1 is 1.55 bits per heavy atom. The Labute approximate surface area is 66.7 Å². The van der Waals surface area contributed by atoms with E-state index in [1.165, 1.54) is 0 Å². The molecule has 68 valence electrons. The van der Waals surface area contributed by atoms with Crippen LogP contribution in [-0.4, -0.2) is 29.4 Å². The van der Waals surface area contributed by atoms with E-state index < -0.39 is 7.60 Å². The van der Waals surface area contributed by atoms with Crippen molar-refractivity contribution in [1.82, 2.24) is 0 Å². The first-order valence-corrected chi connectivity index (χ1v) is 5.46. The van der Waals surface area contributed by atoms with Gasteiger partial charge in [-0.25, -0.2) is 0 Å². The van der Waals surface area contributed by atoms with E-state index in [1.54, 1.807) is 0 Å². The van der Waals surface area contributed by atoms with Gasteiger partial charge in [0.05, 0.1) is 13.2 Å². The Morgan fingerprint density at radius 2 is 2.18 bits per heavy atom. The minimum atomic E-state index is -3.39. The topological polar surface area (TPSA) is 66.8 Å². The van der Waals surface area contributed by atoms with Crippen molar-refractivity contribution in [1.29, 1.82) is 0 Å². The van der Waals surface area contributed by atoms with Gasteiger partial charge in [-0.2, -0.15) is 0 Å². The molecular weight excluding hydrogens is 167 g/mol. The van der Waals surface area contributed by atoms with Gasteiger partial charge in [0.2, 0.25) is 0 Å². The Hall–Kier alpha value is 0.110. The summed E-state index contributed by atoms with van der Waals surface area (Å²) < 4.78 is 15.5. The van der Waals surface area contributed by atoms with Gasteiger partial charge in [-0.3, -0.25) is 4.57 Å². The minimum Gasteiger partial charge on any atom is -0.394 e. The molecule has 5 heteroatoms. The molecule has 0 heterocycles. The van der Waals surface area contributed by atoms with Crippen LogP contribution in [0.3, 0.4) is 0 Å². The first-order valence-electron chi connectivity index (χ1n) is 3.69. The van der Waals surface area contributed by atoms with Gasteiger partial charge in [0.25, 0.3) is 0 Å². The molecule has 0 aromatic carbocycles. The van der Waals surface area contributed by atoms with Crippen LogP contribution in [0.1, 0.15) is 19.8 Å². The summed E-state index contributed by atoms with van der Waals surface area (Å²) in [7, 11) is -3.39. The fraction of sp³-hybridized carbons (Fsp3) is 1.00. The normalized spacial score (nSPS) is 16.3. The minimum absolute atomic E-state index is 0.0580. The van der Waals surface area contributed by atoms with Crippen molar-refractivity contribution >= 4 is 7.60 Å². The predicted octanol–water partition coefficient (Wildman–Crippen LogP) is 0.981. The van der Waals surface area contributed by atoms with Crippen molar-refractivity contribution in [2.75, 3.05) is 19.4 Å². The second-order valence-electron chi connectivity index (χ2n) is 2.27. The van der Waals surface area contributed by atoms with E-state index >= 15 is 0 Å². The van der Waals surface area contributed by atoms with Gasteiger partial charge in [0.1, 0.15) is 0 Å². The average molecular weight is 182 g/mol. The second kappa shape index (κ2) is 5.72. The molecule has 0 rings (SSSR count). The third kappa shape index (κ3) is 6.51. The van der Waals surface area contributed by atoms with E-state index in [2.05, 4.69) is 4.52 Å². The molecule has 0 saturated heterocycles. The summed E-state index contributed by atoms with van der Waals surface area (Å²) in [6.45, 7) is 1.67. The predicted molar refractivity (Wildman–Crippen MR) is 42.6 cm³/mol. The lowest BCUT2D eigenvalue weighted by Gasteiger charge is -2.09. The van der Waals surface area contributed by atoms with Crippen LogP contribution in [0.2, 0.25) is 0 Å². The van der Waals surface area contributed by atoms with Crippen LogP contribution in [-0.2, 0) is 9.09 Å². The molecule has 1 atom stereocenters. The summed E-state index contributed by atoms with van der Waals surface area (Å²) in [4.78, 5) is 9.00. The molecule has 0 fully saturated rings. The van der Waals surface area contributed by atoms with Crippen molar-refractivity contribution in [3.8, 4) is 0 Å². The van der Waals surface area contributed by atoms with Gasteiger partial charge < -0.3 is 14.5 Å². The van der Waals surface area contributed by atoms with E-state index in [4.69, 9.17) is 10.00 Å². The number of rotatable bonds is 6. The van der Waals surface area contributed by atoms with Gasteiger partial charge in [-0.15, -0.1) is 0 Å². The zero-order chi connectivity index (χ0) is 8.74. The van der Waals surface area contributed by atoms with Crippen LogP contribution >= 0.6 is 7.60 Å². The van der Waals surface area contributed by atoms with E-state index in [9.17, 15) is 4.57 Å². The van der Waals surface area contributed by atoms with Crippen molar-refractivity contribution in [2.45, 2.75) is 19.8 Å². The van der Waals surface area contributed by atoms with Gasteiger partial charge in [0.15, 0.2) is 0 Å². The highest BCUT2D eigenvalue weighted by Crippen LogP contribution is 2.42. The van der Waals surface area contributed by atoms with Crippen molar-refractivity contribution < 1.29 is 19.1 Å². The van der Waals surface area contributed by atoms with Gasteiger partial charge >= 0.3 is 7.60 Å². The quantitative estimate of drug-likeness (QED) is 0.601. The van der Waals surface area contributed by atoms with Gasteiger partial charge in [-0.1, -0.05) is 13.3 Å². The first kappa shape index (κ1) is 11.1. The molecule has 0 spiro atoms. The molecule has 0 saturated carbocycles. The number of hydrogen-bond acceptors (Lipinski definition) is 3. The number of aliphatic hydroxyl groups is 1. The first-order chi connectivity index (χ1) is 5.12. The van der Waals surface area contributed by atoms with Crippen molar-refractivity contribution in [3.63, 3.8) is 0 Å². The van der Waals surface area contributed by atoms with Crippen LogP contribution in [0.15, 0.2) is 0 Å². The molecule has 11 heavy (non-hydrogen) atoms. The molecule has 0 radical (unpaired) electrons. The highest BCUT2D eigenvalue weighted by Gasteiger charge is 2.16. The summed E-state index contributed by atoms with van der Waals surface area (Å²) in [5.41, 5.74) is 0. The standard InChI is InChI=1S/C6H15O4P/c1-2-3-6-11(8,9)10-5-4-7/h7H,2-6H2,1H3,(H,8,9). The molecule has 0 aromatic rings. The van der Waals surface area contributed by atoms with Gasteiger partial charge in [0, 0.05) is 6.16 Å². The molecule has 0 aliphatic carbocycles. The van der Waals surface area contributed by atoms with Crippen molar-refractivity contribution in [2.24, 2.45) is 0 Å². The molecule has 0 aliphatic heterocycles. The third-order valence-corrected chi connectivity index (χ3v) is 2.65. The average Bonchev–Trinajstić information content (AvgIpc) is 1.97. The Kier molecular flexibility index (Phi) is 5.78. The lowest BCUT2D eigenvalue weighted by molar-refractivity contribution is 0.183. The maximum absolute atomic E-state index is 11.0. The van der Waals surface area contributed by atoms with E-state index in [0.717, 1.165) is 6.42 Å². The SMILES string of the molecule is CCCCP(=O)(O)OCCO. The lowest BCUT2D eigenvalue weighted by Crippen LogP contribution is -1.99. The zero-order valence-electron chi connectivity index (χ0n) is 6.69. The fourth-order valence-electron chi connectivity index (χ4n) is 0.606. The fourth-order valence-corrected chi connectivity index (χ4v) is 1.82. The van der Waals surface area contributed by atoms with Crippen molar-refractivity contribution in [3.05, 3.63) is 0 Å². The Balaban J connectivity index is 3.53. The van der Waals surface area contributed by atoms with Crippen LogP contribution in [0.5, 0.6) is 0 Å². The van der Waals surface area contributed by atoms with Gasteiger partial charge in [-0.05, 0) is 6.42 Å². The Bertz CT molecular complexity index is 125. The molecule has 0 bridgehead atoms. The lowest BCUT2D eigenvalue weighted by atomic mass is 10.4. The Morgan fingerprint density at radius 3 is 2.64 bits per heavy atom. The molecule has 0 amide bonds. The van der Waals surface area contributed by atoms with Crippen LogP contribution < -0.4 is 0 Å². The summed E-state index contributed by atoms with van der Waals surface area (Å²) in [5.74, 6) is 0. The second-order valence-corrected chi connectivity index (χ2v) is 4.25. The summed E-state index contributed by atoms with van der Waals surface area (Å²) in [5, 5.41) is 8.30. The smallest absolute Gasteiger partial charge is 0.328 e. The zero-order valence-corrected chi connectivity index (χ0v) is 7.59. The van der Waals surface area contributed by atoms with Crippen LogP contribution in [0, 0.1) is 0 Å². The molecular formula is C6H15O4P. The molecule has 2 N–H and O–H groups in total. The highest BCUT2D eigenvalue weighted by molar-refractivity contribution is 7.52. The van der Waals surface area contributed by atoms with Crippen LogP contribution in [0.25, 0.3) is 0 Å². The maximum Gasteiger partial charge on any atom is 0.328 e. The maximum atomic E-state index is 11.0. The molecule has 0 aliphatic rings. The number of aliphatic hydroxyl groups excluding tert-OH is 1. The molecule has 0 aromatic heterocycles. The third-order valence-electron chi connectivity index (χ3n) is 1.18. The molecule has 1 unspecified atom stereocenters.